The van der Waals surface area contributed by atoms with Gasteiger partial charge in [0.2, 0.25) is 0 Å². The Kier molecular flexibility index (Phi) is 2.66. The molecule has 0 bridgehead atoms. The molecule has 0 fully saturated rings. The third-order valence-electron chi connectivity index (χ3n) is 3.98. The number of fused-ring (bicyclic) bond motifs is 2. The lowest BCUT2D eigenvalue weighted by Crippen LogP contribution is -2.02. The molecule has 0 aliphatic carbocycles. The highest BCUT2D eigenvalue weighted by Crippen LogP contribution is 2.44. The van der Waals surface area contributed by atoms with Crippen LogP contribution in [-0.2, 0) is 0 Å². The van der Waals surface area contributed by atoms with Crippen LogP contribution in [0.1, 0.15) is 0 Å². The van der Waals surface area contributed by atoms with Crippen molar-refractivity contribution in [3.05, 3.63) is 63.2 Å². The summed E-state index contributed by atoms with van der Waals surface area (Å²) in [7, 11) is 1.60. The zero-order valence-corrected chi connectivity index (χ0v) is 12.9. The summed E-state index contributed by atoms with van der Waals surface area (Å²) < 4.78 is 6.33. The molecule has 0 radical (unpaired) electrons. The molecule has 0 N–H and O–H groups in total. The van der Waals surface area contributed by atoms with Crippen LogP contribution in [0.5, 0.6) is 5.75 Å². The van der Waals surface area contributed by atoms with E-state index in [2.05, 4.69) is 22.0 Å². The van der Waals surface area contributed by atoms with Crippen molar-refractivity contribution >= 4 is 48.2 Å². The predicted molar refractivity (Wildman–Crippen MR) is 90.7 cm³/mol. The molecule has 0 spiro atoms. The number of benzene rings is 2. The number of methoxy groups -OCH3 is 1. The highest BCUT2D eigenvalue weighted by molar-refractivity contribution is 9.10. The Hall–Kier alpha value is -2.13. The minimum Gasteiger partial charge on any atom is -0.495 e. The molecule has 4 aromatic carbocycles. The van der Waals surface area contributed by atoms with Crippen LogP contribution in [0.15, 0.2) is 57.8 Å². The summed E-state index contributed by atoms with van der Waals surface area (Å²) >= 11 is 3.58. The van der Waals surface area contributed by atoms with Gasteiger partial charge < -0.3 is 4.74 Å². The second kappa shape index (κ2) is 4.43. The van der Waals surface area contributed by atoms with Crippen molar-refractivity contribution in [2.24, 2.45) is 0 Å². The monoisotopic (exact) mass is 338 g/mol. The van der Waals surface area contributed by atoms with E-state index in [9.17, 15) is 4.79 Å². The molecule has 2 nitrogen and oxygen atoms in total. The van der Waals surface area contributed by atoms with Crippen LogP contribution in [0.25, 0.3) is 32.3 Å². The van der Waals surface area contributed by atoms with Gasteiger partial charge in [-0.25, -0.2) is 0 Å². The number of hydrogen-bond acceptors (Lipinski definition) is 2. The molecule has 0 saturated carbocycles. The Morgan fingerprint density at radius 1 is 0.810 bits per heavy atom. The molecule has 102 valence electrons. The average Bonchev–Trinajstić information content (AvgIpc) is 2.66. The van der Waals surface area contributed by atoms with Crippen molar-refractivity contribution < 1.29 is 4.74 Å². The highest BCUT2D eigenvalue weighted by Gasteiger charge is 2.20. The summed E-state index contributed by atoms with van der Waals surface area (Å²) in [5, 5.41) is 5.41. The normalized spacial score (nSPS) is 11.5. The fourth-order valence-corrected chi connectivity index (χ4v) is 3.79. The molecule has 0 aliphatic rings. The van der Waals surface area contributed by atoms with Crippen LogP contribution in [0.4, 0.5) is 0 Å². The van der Waals surface area contributed by atoms with E-state index in [0.717, 1.165) is 31.4 Å². The number of hydrogen-bond donors (Lipinski definition) is 0. The molecule has 0 aromatic heterocycles. The quantitative estimate of drug-likeness (QED) is 0.502. The van der Waals surface area contributed by atoms with Crippen LogP contribution < -0.4 is 10.2 Å². The average molecular weight is 339 g/mol. The molecular weight excluding hydrogens is 328 g/mol. The Balaban J connectivity index is 2.51. The van der Waals surface area contributed by atoms with E-state index >= 15 is 0 Å². The van der Waals surface area contributed by atoms with Gasteiger partial charge in [0.15, 0.2) is 5.43 Å². The smallest absolute Gasteiger partial charge is 0.198 e. The second-order valence-corrected chi connectivity index (χ2v) is 5.81. The molecule has 4 rings (SSSR count). The number of halogens is 1. The van der Waals surface area contributed by atoms with Gasteiger partial charge in [0.25, 0.3) is 0 Å². The van der Waals surface area contributed by atoms with Crippen LogP contribution in [-0.4, -0.2) is 7.11 Å². The molecule has 0 saturated heterocycles. The maximum Gasteiger partial charge on any atom is 0.198 e. The van der Waals surface area contributed by atoms with Gasteiger partial charge in [0.1, 0.15) is 5.75 Å². The molecule has 4 aromatic rings. The van der Waals surface area contributed by atoms with Gasteiger partial charge in [0, 0.05) is 16.2 Å². The van der Waals surface area contributed by atoms with Gasteiger partial charge in [-0.3, -0.25) is 4.79 Å². The Labute approximate surface area is 129 Å². The largest absolute Gasteiger partial charge is 0.495 e. The van der Waals surface area contributed by atoms with Gasteiger partial charge >= 0.3 is 0 Å². The summed E-state index contributed by atoms with van der Waals surface area (Å²) in [5.41, 5.74) is 0.0249. The maximum absolute atomic E-state index is 12.9. The van der Waals surface area contributed by atoms with Crippen molar-refractivity contribution in [1.29, 1.82) is 0 Å². The van der Waals surface area contributed by atoms with Crippen LogP contribution >= 0.6 is 15.9 Å². The molecule has 3 heteroatoms. The molecule has 0 unspecified atom stereocenters. The zero-order chi connectivity index (χ0) is 14.6. The molecule has 0 heterocycles. The van der Waals surface area contributed by atoms with Crippen LogP contribution in [0.2, 0.25) is 0 Å². The minimum atomic E-state index is 0.0249. The van der Waals surface area contributed by atoms with E-state index in [1.165, 1.54) is 0 Å². The third-order valence-corrected chi connectivity index (χ3v) is 4.77. The molecule has 0 aliphatic heterocycles. The lowest BCUT2D eigenvalue weighted by molar-refractivity contribution is 0.418. The molecule has 0 amide bonds. The van der Waals surface area contributed by atoms with E-state index in [1.54, 1.807) is 7.11 Å². The summed E-state index contributed by atoms with van der Waals surface area (Å²) in [4.78, 5) is 12.9. The van der Waals surface area contributed by atoms with Gasteiger partial charge in [0.05, 0.1) is 17.0 Å². The predicted octanol–water partition coefficient (Wildman–Crippen LogP) is 4.72. The first-order valence-corrected chi connectivity index (χ1v) is 7.45. The Bertz CT molecular complexity index is 1050. The fourth-order valence-electron chi connectivity index (χ4n) is 3.10. The first-order chi connectivity index (χ1) is 10.2. The van der Waals surface area contributed by atoms with Crippen molar-refractivity contribution in [2.75, 3.05) is 7.11 Å². The third kappa shape index (κ3) is 1.55. The molecular formula is C18H11BrO2. The SMILES string of the molecule is COc1c(Br)c2ccccc3c4ccccc4c(=O)c1c23. The minimum absolute atomic E-state index is 0.0249. The second-order valence-electron chi connectivity index (χ2n) is 5.02. The lowest BCUT2D eigenvalue weighted by Gasteiger charge is -2.03. The maximum atomic E-state index is 12.9. The van der Waals surface area contributed by atoms with Crippen molar-refractivity contribution in [2.45, 2.75) is 0 Å². The van der Waals surface area contributed by atoms with Crippen molar-refractivity contribution in [3.8, 4) is 5.75 Å². The standard InChI is InChI=1S/C18H11BrO2/c1-21-18-15-14-11(7-3-5-9-13(14)16(18)19)10-6-2-4-8-12(10)17(15)20/h2-9H,1H3. The summed E-state index contributed by atoms with van der Waals surface area (Å²) in [6, 6.07) is 15.8. The zero-order valence-electron chi connectivity index (χ0n) is 11.3. The van der Waals surface area contributed by atoms with E-state index in [4.69, 9.17) is 4.74 Å². The fraction of sp³-hybridized carbons (Fsp3) is 0.0556. The van der Waals surface area contributed by atoms with Crippen LogP contribution in [0, 0.1) is 0 Å². The van der Waals surface area contributed by atoms with E-state index < -0.39 is 0 Å². The van der Waals surface area contributed by atoms with E-state index in [1.807, 2.05) is 42.5 Å². The summed E-state index contributed by atoms with van der Waals surface area (Å²) in [6.07, 6.45) is 0. The molecule has 21 heavy (non-hydrogen) atoms. The van der Waals surface area contributed by atoms with E-state index in [0.29, 0.717) is 11.1 Å². The summed E-state index contributed by atoms with van der Waals surface area (Å²) in [6.45, 7) is 0. The van der Waals surface area contributed by atoms with E-state index in [-0.39, 0.29) is 5.43 Å². The van der Waals surface area contributed by atoms with Crippen LogP contribution in [0.3, 0.4) is 0 Å². The molecule has 0 atom stereocenters. The first-order valence-electron chi connectivity index (χ1n) is 6.66. The number of rotatable bonds is 1. The lowest BCUT2D eigenvalue weighted by atomic mass is 10.0. The van der Waals surface area contributed by atoms with Crippen molar-refractivity contribution in [1.82, 2.24) is 0 Å². The van der Waals surface area contributed by atoms with Crippen molar-refractivity contribution in [3.63, 3.8) is 0 Å². The number of ether oxygens (including phenoxy) is 1. The van der Waals surface area contributed by atoms with Gasteiger partial charge in [-0.2, -0.15) is 0 Å². The Morgan fingerprint density at radius 3 is 2.05 bits per heavy atom. The van der Waals surface area contributed by atoms with Gasteiger partial charge in [-0.15, -0.1) is 0 Å². The highest BCUT2D eigenvalue weighted by atomic mass is 79.9. The van der Waals surface area contributed by atoms with Gasteiger partial charge in [-0.1, -0.05) is 48.5 Å². The Morgan fingerprint density at radius 2 is 1.38 bits per heavy atom. The topological polar surface area (TPSA) is 26.3 Å². The first kappa shape index (κ1) is 12.6. The summed E-state index contributed by atoms with van der Waals surface area (Å²) in [5.74, 6) is 0.622. The van der Waals surface area contributed by atoms with Gasteiger partial charge in [-0.05, 0) is 26.7 Å².